The standard InChI is InChI=1S/C15H19BrClNO/c1-4-5-18-8-13-14(9(2)3)11-6-10(16)7-12(17)15(11)19-13/h6-7,9,18H,4-5,8H2,1-3H3. The summed E-state index contributed by atoms with van der Waals surface area (Å²) >= 11 is 9.77. The first-order chi connectivity index (χ1) is 9.04. The number of fused-ring (bicyclic) bond motifs is 1. The molecule has 1 N–H and O–H groups in total. The van der Waals surface area contributed by atoms with Gasteiger partial charge < -0.3 is 9.73 Å². The van der Waals surface area contributed by atoms with Crippen molar-refractivity contribution in [2.45, 2.75) is 39.7 Å². The minimum Gasteiger partial charge on any atom is -0.458 e. The molecule has 0 aliphatic carbocycles. The average molecular weight is 345 g/mol. The average Bonchev–Trinajstić information content (AvgIpc) is 2.68. The van der Waals surface area contributed by atoms with Crippen molar-refractivity contribution in [2.24, 2.45) is 0 Å². The van der Waals surface area contributed by atoms with Gasteiger partial charge in [0.1, 0.15) is 5.76 Å². The second-order valence-corrected chi connectivity index (χ2v) is 6.36. The molecule has 0 saturated carbocycles. The molecule has 1 heterocycles. The highest BCUT2D eigenvalue weighted by molar-refractivity contribution is 9.10. The predicted molar refractivity (Wildman–Crippen MR) is 85.0 cm³/mol. The fourth-order valence-electron chi connectivity index (χ4n) is 2.34. The quantitative estimate of drug-likeness (QED) is 0.727. The number of hydrogen-bond acceptors (Lipinski definition) is 2. The molecular formula is C15H19BrClNO. The highest BCUT2D eigenvalue weighted by Gasteiger charge is 2.19. The van der Waals surface area contributed by atoms with Crippen LogP contribution in [0.5, 0.6) is 0 Å². The molecule has 0 aliphatic rings. The van der Waals surface area contributed by atoms with Gasteiger partial charge in [0.2, 0.25) is 0 Å². The van der Waals surface area contributed by atoms with Crippen molar-refractivity contribution in [3.8, 4) is 0 Å². The molecule has 1 aromatic carbocycles. The topological polar surface area (TPSA) is 25.2 Å². The molecule has 104 valence electrons. The van der Waals surface area contributed by atoms with Crippen LogP contribution in [0.2, 0.25) is 5.02 Å². The van der Waals surface area contributed by atoms with E-state index in [2.05, 4.69) is 48.1 Å². The van der Waals surface area contributed by atoms with Gasteiger partial charge in [-0.3, -0.25) is 0 Å². The number of nitrogens with one attached hydrogen (secondary N) is 1. The van der Waals surface area contributed by atoms with Gasteiger partial charge in [-0.1, -0.05) is 48.3 Å². The highest BCUT2D eigenvalue weighted by atomic mass is 79.9. The Labute approximate surface area is 127 Å². The molecule has 0 amide bonds. The van der Waals surface area contributed by atoms with Gasteiger partial charge in [-0.2, -0.15) is 0 Å². The molecule has 4 heteroatoms. The van der Waals surface area contributed by atoms with Crippen LogP contribution in [-0.4, -0.2) is 6.54 Å². The molecule has 0 radical (unpaired) electrons. The number of benzene rings is 1. The maximum absolute atomic E-state index is 6.27. The summed E-state index contributed by atoms with van der Waals surface area (Å²) in [5, 5.41) is 5.17. The van der Waals surface area contributed by atoms with E-state index in [1.165, 1.54) is 5.56 Å². The molecule has 0 saturated heterocycles. The van der Waals surface area contributed by atoms with Crippen molar-refractivity contribution in [3.05, 3.63) is 33.0 Å². The van der Waals surface area contributed by atoms with Crippen LogP contribution < -0.4 is 5.32 Å². The zero-order valence-electron chi connectivity index (χ0n) is 11.5. The Hall–Kier alpha value is -0.510. The van der Waals surface area contributed by atoms with E-state index in [4.69, 9.17) is 16.0 Å². The lowest BCUT2D eigenvalue weighted by molar-refractivity contribution is 0.504. The monoisotopic (exact) mass is 343 g/mol. The van der Waals surface area contributed by atoms with Crippen molar-refractivity contribution in [3.63, 3.8) is 0 Å². The third-order valence-corrected chi connectivity index (χ3v) is 3.85. The van der Waals surface area contributed by atoms with Crippen LogP contribution in [0.15, 0.2) is 21.0 Å². The Bertz CT molecular complexity index is 577. The zero-order valence-corrected chi connectivity index (χ0v) is 13.9. The normalized spacial score (nSPS) is 11.7. The molecule has 0 spiro atoms. The van der Waals surface area contributed by atoms with E-state index in [1.54, 1.807) is 0 Å². The minimum atomic E-state index is 0.407. The van der Waals surface area contributed by atoms with Gasteiger partial charge in [0, 0.05) is 15.4 Å². The van der Waals surface area contributed by atoms with Crippen LogP contribution in [0, 0.1) is 0 Å². The van der Waals surface area contributed by atoms with E-state index >= 15 is 0 Å². The van der Waals surface area contributed by atoms with Gasteiger partial charge in [0.15, 0.2) is 5.58 Å². The number of rotatable bonds is 5. The molecule has 19 heavy (non-hydrogen) atoms. The van der Waals surface area contributed by atoms with E-state index in [-0.39, 0.29) is 0 Å². The molecule has 2 nitrogen and oxygen atoms in total. The van der Waals surface area contributed by atoms with E-state index < -0.39 is 0 Å². The lowest BCUT2D eigenvalue weighted by Crippen LogP contribution is -2.14. The SMILES string of the molecule is CCCNCc1oc2c(Cl)cc(Br)cc2c1C(C)C. The van der Waals surface area contributed by atoms with E-state index in [1.807, 2.05) is 6.07 Å². The fourth-order valence-corrected chi connectivity index (χ4v) is 3.18. The molecular weight excluding hydrogens is 326 g/mol. The van der Waals surface area contributed by atoms with Crippen molar-refractivity contribution >= 4 is 38.5 Å². The Morgan fingerprint density at radius 3 is 2.74 bits per heavy atom. The summed E-state index contributed by atoms with van der Waals surface area (Å²) in [5.74, 6) is 1.41. The molecule has 0 unspecified atom stereocenters. The smallest absolute Gasteiger partial charge is 0.153 e. The Kier molecular flexibility index (Phi) is 4.93. The van der Waals surface area contributed by atoms with Crippen LogP contribution in [0.1, 0.15) is 44.4 Å². The van der Waals surface area contributed by atoms with Crippen molar-refractivity contribution < 1.29 is 4.42 Å². The molecule has 0 bridgehead atoms. The van der Waals surface area contributed by atoms with Crippen LogP contribution in [-0.2, 0) is 6.54 Å². The summed E-state index contributed by atoms with van der Waals surface area (Å²) < 4.78 is 6.96. The molecule has 2 aromatic rings. The summed E-state index contributed by atoms with van der Waals surface area (Å²) in [6.07, 6.45) is 1.11. The maximum Gasteiger partial charge on any atom is 0.153 e. The van der Waals surface area contributed by atoms with Crippen molar-refractivity contribution in [2.75, 3.05) is 6.54 Å². The Morgan fingerprint density at radius 2 is 2.11 bits per heavy atom. The zero-order chi connectivity index (χ0) is 14.0. The van der Waals surface area contributed by atoms with E-state index in [0.29, 0.717) is 10.9 Å². The third kappa shape index (κ3) is 3.15. The van der Waals surface area contributed by atoms with Gasteiger partial charge in [-0.05, 0) is 31.0 Å². The summed E-state index contributed by atoms with van der Waals surface area (Å²) in [5.41, 5.74) is 2.05. The van der Waals surface area contributed by atoms with Gasteiger partial charge in [-0.25, -0.2) is 0 Å². The van der Waals surface area contributed by atoms with Crippen LogP contribution in [0.25, 0.3) is 11.0 Å². The molecule has 0 fully saturated rings. The van der Waals surface area contributed by atoms with Gasteiger partial charge >= 0.3 is 0 Å². The number of halogens is 2. The summed E-state index contributed by atoms with van der Waals surface area (Å²) in [7, 11) is 0. The lowest BCUT2D eigenvalue weighted by Gasteiger charge is -2.07. The van der Waals surface area contributed by atoms with Gasteiger partial charge in [0.05, 0.1) is 11.6 Å². The highest BCUT2D eigenvalue weighted by Crippen LogP contribution is 2.37. The predicted octanol–water partition coefficient (Wildman–Crippen LogP) is 5.47. The summed E-state index contributed by atoms with van der Waals surface area (Å²) in [6.45, 7) is 8.27. The van der Waals surface area contributed by atoms with Gasteiger partial charge in [-0.15, -0.1) is 0 Å². The second kappa shape index (κ2) is 6.29. The van der Waals surface area contributed by atoms with Crippen LogP contribution in [0.3, 0.4) is 0 Å². The summed E-state index contributed by atoms with van der Waals surface area (Å²) in [6, 6.07) is 3.96. The Balaban J connectivity index is 2.51. The van der Waals surface area contributed by atoms with Crippen LogP contribution in [0.4, 0.5) is 0 Å². The first-order valence-corrected chi connectivity index (χ1v) is 7.82. The lowest BCUT2D eigenvalue weighted by atomic mass is 9.99. The second-order valence-electron chi connectivity index (χ2n) is 5.03. The number of hydrogen-bond donors (Lipinski definition) is 1. The molecule has 0 atom stereocenters. The third-order valence-electron chi connectivity index (χ3n) is 3.11. The first-order valence-electron chi connectivity index (χ1n) is 6.65. The van der Waals surface area contributed by atoms with Gasteiger partial charge in [0.25, 0.3) is 0 Å². The van der Waals surface area contributed by atoms with E-state index in [9.17, 15) is 0 Å². The maximum atomic E-state index is 6.27. The summed E-state index contributed by atoms with van der Waals surface area (Å²) in [4.78, 5) is 0. The van der Waals surface area contributed by atoms with Crippen molar-refractivity contribution in [1.82, 2.24) is 5.32 Å². The molecule has 1 aromatic heterocycles. The van der Waals surface area contributed by atoms with E-state index in [0.717, 1.165) is 40.7 Å². The molecule has 2 rings (SSSR count). The Morgan fingerprint density at radius 1 is 1.37 bits per heavy atom. The fraction of sp³-hybridized carbons (Fsp3) is 0.467. The minimum absolute atomic E-state index is 0.407. The van der Waals surface area contributed by atoms with Crippen molar-refractivity contribution in [1.29, 1.82) is 0 Å². The molecule has 0 aliphatic heterocycles. The first kappa shape index (κ1) is 14.9. The van der Waals surface area contributed by atoms with Crippen LogP contribution >= 0.6 is 27.5 Å². The number of furan rings is 1. The largest absolute Gasteiger partial charge is 0.458 e.